The van der Waals surface area contributed by atoms with E-state index < -0.39 is 53.0 Å². The van der Waals surface area contributed by atoms with Gasteiger partial charge in [0.1, 0.15) is 0 Å². The van der Waals surface area contributed by atoms with Crippen molar-refractivity contribution in [3.8, 4) is 0 Å². The lowest BCUT2D eigenvalue weighted by molar-refractivity contribution is -0.143. The van der Waals surface area contributed by atoms with Crippen LogP contribution >= 0.6 is 11.6 Å². The SMILES string of the molecule is CN(C(=O)c1cc(C(F)(F)F)cc(C(F)(F)F)c1)C1CCN(C(=O)O)CC1c1cccc(Cl)c1. The number of hydrogen-bond donors (Lipinski definition) is 1. The van der Waals surface area contributed by atoms with Gasteiger partial charge in [-0.05, 0) is 42.3 Å². The number of benzene rings is 2. The summed E-state index contributed by atoms with van der Waals surface area (Å²) in [6.45, 7) is -0.000564. The Morgan fingerprint density at radius 3 is 2.12 bits per heavy atom. The first-order valence-electron chi connectivity index (χ1n) is 9.98. The van der Waals surface area contributed by atoms with Crippen LogP contribution in [0.5, 0.6) is 0 Å². The Bertz CT molecular complexity index is 1060. The first-order valence-corrected chi connectivity index (χ1v) is 10.4. The molecule has 2 aromatic carbocycles. The van der Waals surface area contributed by atoms with Crippen molar-refractivity contribution < 1.29 is 41.0 Å². The molecule has 1 fully saturated rings. The summed E-state index contributed by atoms with van der Waals surface area (Å²) in [5.41, 5.74) is -3.37. The van der Waals surface area contributed by atoms with E-state index in [0.29, 0.717) is 22.7 Å². The second-order valence-corrected chi connectivity index (χ2v) is 8.39. The van der Waals surface area contributed by atoms with E-state index in [2.05, 4.69) is 0 Å². The molecule has 0 radical (unpaired) electrons. The number of carbonyl (C=O) groups is 2. The highest BCUT2D eigenvalue weighted by atomic mass is 35.5. The fourth-order valence-corrected chi connectivity index (χ4v) is 4.27. The summed E-state index contributed by atoms with van der Waals surface area (Å²) in [4.78, 5) is 26.8. The van der Waals surface area contributed by atoms with Gasteiger partial charge in [-0.2, -0.15) is 26.3 Å². The zero-order chi connectivity index (χ0) is 25.4. The quantitative estimate of drug-likeness (QED) is 0.518. The second-order valence-electron chi connectivity index (χ2n) is 7.96. The van der Waals surface area contributed by atoms with Gasteiger partial charge in [-0.1, -0.05) is 23.7 Å². The minimum Gasteiger partial charge on any atom is -0.465 e. The number of likely N-dealkylation sites (tertiary alicyclic amines) is 1. The number of carboxylic acid groups (broad SMARTS) is 1. The van der Waals surface area contributed by atoms with Gasteiger partial charge in [-0.25, -0.2) is 4.79 Å². The third kappa shape index (κ3) is 5.57. The maximum Gasteiger partial charge on any atom is 0.416 e. The molecule has 1 aliphatic rings. The Labute approximate surface area is 195 Å². The van der Waals surface area contributed by atoms with E-state index >= 15 is 0 Å². The molecule has 184 valence electrons. The van der Waals surface area contributed by atoms with Crippen molar-refractivity contribution in [1.29, 1.82) is 0 Å². The number of alkyl halides is 6. The predicted molar refractivity (Wildman–Crippen MR) is 111 cm³/mol. The van der Waals surface area contributed by atoms with Crippen LogP contribution in [0.1, 0.15) is 39.4 Å². The number of likely N-dealkylation sites (N-methyl/N-ethyl adjacent to an activating group) is 1. The van der Waals surface area contributed by atoms with Crippen LogP contribution in [0, 0.1) is 0 Å². The standard InChI is InChI=1S/C22H19ClF6N2O3/c1-30(19(32)13-7-14(21(24,25)26)10-15(8-13)22(27,28)29)18-5-6-31(20(33)34)11-17(18)12-3-2-4-16(23)9-12/h2-4,7-10,17-18H,5-6,11H2,1H3,(H,33,34). The van der Waals surface area contributed by atoms with Crippen molar-refractivity contribution in [2.75, 3.05) is 20.1 Å². The minimum absolute atomic E-state index is 0.0328. The highest BCUT2D eigenvalue weighted by Crippen LogP contribution is 2.37. The number of nitrogens with zero attached hydrogens (tertiary/aromatic N) is 2. The Kier molecular flexibility index (Phi) is 7.07. The highest BCUT2D eigenvalue weighted by Gasteiger charge is 2.40. The van der Waals surface area contributed by atoms with Crippen LogP contribution in [0.15, 0.2) is 42.5 Å². The lowest BCUT2D eigenvalue weighted by atomic mass is 9.85. The van der Waals surface area contributed by atoms with E-state index in [9.17, 15) is 41.0 Å². The molecule has 3 rings (SSSR count). The fraction of sp³-hybridized carbons (Fsp3) is 0.364. The van der Waals surface area contributed by atoms with E-state index in [-0.39, 0.29) is 25.6 Å². The lowest BCUT2D eigenvalue weighted by Gasteiger charge is -2.42. The molecule has 1 N–H and O–H groups in total. The summed E-state index contributed by atoms with van der Waals surface area (Å²) in [7, 11) is 1.27. The molecule has 2 atom stereocenters. The highest BCUT2D eigenvalue weighted by molar-refractivity contribution is 6.30. The Balaban J connectivity index is 2.01. The molecule has 2 amide bonds. The first-order chi connectivity index (χ1) is 15.7. The smallest absolute Gasteiger partial charge is 0.416 e. The van der Waals surface area contributed by atoms with Crippen LogP contribution in [0.3, 0.4) is 0 Å². The van der Waals surface area contributed by atoms with Crippen molar-refractivity contribution in [2.24, 2.45) is 0 Å². The van der Waals surface area contributed by atoms with Crippen molar-refractivity contribution >= 4 is 23.6 Å². The molecule has 2 aromatic rings. The average molecular weight is 509 g/mol. The molecule has 1 heterocycles. The summed E-state index contributed by atoms with van der Waals surface area (Å²) < 4.78 is 79.4. The predicted octanol–water partition coefficient (Wildman–Crippen LogP) is 5.99. The summed E-state index contributed by atoms with van der Waals surface area (Å²) in [6, 6.07) is 6.48. The van der Waals surface area contributed by atoms with Gasteiger partial charge in [0.15, 0.2) is 0 Å². The number of rotatable bonds is 3. The molecule has 0 bridgehead atoms. The van der Waals surface area contributed by atoms with Gasteiger partial charge in [0, 0.05) is 42.7 Å². The summed E-state index contributed by atoms with van der Waals surface area (Å²) in [5.74, 6) is -1.65. The van der Waals surface area contributed by atoms with E-state index in [1.807, 2.05) is 0 Å². The lowest BCUT2D eigenvalue weighted by Crippen LogP contribution is -2.51. The van der Waals surface area contributed by atoms with Gasteiger partial charge >= 0.3 is 18.4 Å². The molecular formula is C22H19ClF6N2O3. The fourth-order valence-electron chi connectivity index (χ4n) is 4.07. The van der Waals surface area contributed by atoms with Gasteiger partial charge < -0.3 is 14.9 Å². The van der Waals surface area contributed by atoms with Crippen molar-refractivity contribution in [3.63, 3.8) is 0 Å². The van der Waals surface area contributed by atoms with Crippen LogP contribution in [0.25, 0.3) is 0 Å². The van der Waals surface area contributed by atoms with Gasteiger partial charge in [0.2, 0.25) is 0 Å². The molecule has 0 aliphatic carbocycles. The monoisotopic (exact) mass is 508 g/mol. The van der Waals surface area contributed by atoms with Gasteiger partial charge in [0.05, 0.1) is 11.1 Å². The van der Waals surface area contributed by atoms with Crippen LogP contribution in [-0.4, -0.2) is 53.1 Å². The van der Waals surface area contributed by atoms with Gasteiger partial charge in [-0.3, -0.25) is 4.79 Å². The molecule has 34 heavy (non-hydrogen) atoms. The molecule has 5 nitrogen and oxygen atoms in total. The summed E-state index contributed by atoms with van der Waals surface area (Å²) >= 11 is 6.05. The Morgan fingerprint density at radius 1 is 1.03 bits per heavy atom. The first kappa shape index (κ1) is 25.7. The topological polar surface area (TPSA) is 60.9 Å². The third-order valence-electron chi connectivity index (χ3n) is 5.78. The number of piperidine rings is 1. The van der Waals surface area contributed by atoms with Crippen LogP contribution in [0.4, 0.5) is 31.1 Å². The summed E-state index contributed by atoms with van der Waals surface area (Å²) in [5, 5.41) is 9.74. The van der Waals surface area contributed by atoms with Crippen molar-refractivity contribution in [1.82, 2.24) is 9.80 Å². The normalized spacial score (nSPS) is 19.1. The molecular weight excluding hydrogens is 490 g/mol. The molecule has 12 heteroatoms. The van der Waals surface area contributed by atoms with Crippen LogP contribution in [-0.2, 0) is 12.4 Å². The molecule has 0 aromatic heterocycles. The van der Waals surface area contributed by atoms with Gasteiger partial charge in [-0.15, -0.1) is 0 Å². The van der Waals surface area contributed by atoms with E-state index in [1.165, 1.54) is 7.05 Å². The van der Waals surface area contributed by atoms with E-state index in [4.69, 9.17) is 11.6 Å². The molecule has 0 saturated carbocycles. The maximum absolute atomic E-state index is 13.2. The zero-order valence-electron chi connectivity index (χ0n) is 17.6. The number of hydrogen-bond acceptors (Lipinski definition) is 2. The molecule has 0 spiro atoms. The Hall–Kier alpha value is -2.95. The van der Waals surface area contributed by atoms with Crippen molar-refractivity contribution in [2.45, 2.75) is 30.7 Å². The minimum atomic E-state index is -5.09. The average Bonchev–Trinajstić information content (AvgIpc) is 2.76. The van der Waals surface area contributed by atoms with Crippen LogP contribution in [0.2, 0.25) is 5.02 Å². The summed E-state index contributed by atoms with van der Waals surface area (Å²) in [6.07, 6.45) is -11.3. The van der Waals surface area contributed by atoms with E-state index in [1.54, 1.807) is 24.3 Å². The number of carbonyl (C=O) groups excluding carboxylic acids is 1. The molecule has 2 unspecified atom stereocenters. The third-order valence-corrected chi connectivity index (χ3v) is 6.01. The van der Waals surface area contributed by atoms with Gasteiger partial charge in [0.25, 0.3) is 5.91 Å². The van der Waals surface area contributed by atoms with Crippen LogP contribution < -0.4 is 0 Å². The largest absolute Gasteiger partial charge is 0.465 e. The molecule has 1 saturated heterocycles. The molecule has 1 aliphatic heterocycles. The Morgan fingerprint density at radius 2 is 1.62 bits per heavy atom. The van der Waals surface area contributed by atoms with E-state index in [0.717, 1.165) is 9.80 Å². The zero-order valence-corrected chi connectivity index (χ0v) is 18.4. The maximum atomic E-state index is 13.2. The number of amides is 2. The second kappa shape index (κ2) is 9.36. The van der Waals surface area contributed by atoms with Crippen molar-refractivity contribution in [3.05, 3.63) is 69.7 Å². The number of halogens is 7.